The third-order valence-electron chi connectivity index (χ3n) is 5.15. The van der Waals surface area contributed by atoms with E-state index in [9.17, 15) is 9.18 Å². The SMILES string of the molecule is COc1ccc(CC(=O)NC[C@H](C(C)C)N2CCC(C)CC2)cc1F. The van der Waals surface area contributed by atoms with Crippen molar-refractivity contribution in [2.45, 2.75) is 46.1 Å². The second kappa shape index (κ2) is 9.18. The Morgan fingerprint density at radius 1 is 1.36 bits per heavy atom. The number of carbonyl (C=O) groups excluding carboxylic acids is 1. The summed E-state index contributed by atoms with van der Waals surface area (Å²) in [7, 11) is 1.43. The molecule has 4 nitrogen and oxygen atoms in total. The maximum absolute atomic E-state index is 13.7. The first kappa shape index (κ1) is 19.7. The molecule has 0 radical (unpaired) electrons. The van der Waals surface area contributed by atoms with Gasteiger partial charge in [-0.1, -0.05) is 26.8 Å². The van der Waals surface area contributed by atoms with E-state index in [0.717, 1.165) is 19.0 Å². The molecule has 140 valence electrons. The Kier molecular flexibility index (Phi) is 7.24. The second-order valence-electron chi connectivity index (χ2n) is 7.48. The van der Waals surface area contributed by atoms with Crippen LogP contribution >= 0.6 is 0 Å². The van der Waals surface area contributed by atoms with Crippen LogP contribution in [-0.4, -0.2) is 43.6 Å². The summed E-state index contributed by atoms with van der Waals surface area (Å²) < 4.78 is 18.6. The van der Waals surface area contributed by atoms with Gasteiger partial charge in [-0.25, -0.2) is 4.39 Å². The van der Waals surface area contributed by atoms with Gasteiger partial charge in [0.15, 0.2) is 11.6 Å². The molecule has 1 heterocycles. The normalized spacial score (nSPS) is 17.5. The van der Waals surface area contributed by atoms with E-state index in [1.807, 2.05) is 0 Å². The minimum absolute atomic E-state index is 0.0689. The van der Waals surface area contributed by atoms with Crippen molar-refractivity contribution in [2.75, 3.05) is 26.7 Å². The summed E-state index contributed by atoms with van der Waals surface area (Å²) in [6.45, 7) is 9.55. The molecule has 0 unspecified atom stereocenters. The number of benzene rings is 1. The van der Waals surface area contributed by atoms with Gasteiger partial charge in [-0.3, -0.25) is 9.69 Å². The smallest absolute Gasteiger partial charge is 0.224 e. The van der Waals surface area contributed by atoms with Gasteiger partial charge in [0, 0.05) is 12.6 Å². The van der Waals surface area contributed by atoms with E-state index >= 15 is 0 Å². The number of piperidine rings is 1. The lowest BCUT2D eigenvalue weighted by Crippen LogP contribution is -2.49. The molecule has 0 saturated carbocycles. The van der Waals surface area contributed by atoms with Gasteiger partial charge in [0.25, 0.3) is 0 Å². The van der Waals surface area contributed by atoms with Gasteiger partial charge in [0.2, 0.25) is 5.91 Å². The van der Waals surface area contributed by atoms with Crippen molar-refractivity contribution in [3.8, 4) is 5.75 Å². The summed E-state index contributed by atoms with van der Waals surface area (Å²) >= 11 is 0. The lowest BCUT2D eigenvalue weighted by Gasteiger charge is -2.38. The summed E-state index contributed by atoms with van der Waals surface area (Å²) in [5.41, 5.74) is 0.656. The minimum atomic E-state index is -0.435. The Hall–Kier alpha value is -1.62. The van der Waals surface area contributed by atoms with Crippen LogP contribution in [0.4, 0.5) is 4.39 Å². The number of nitrogens with one attached hydrogen (secondary N) is 1. The first-order chi connectivity index (χ1) is 11.9. The molecule has 1 amide bonds. The highest BCUT2D eigenvalue weighted by molar-refractivity contribution is 5.78. The van der Waals surface area contributed by atoms with Gasteiger partial charge in [0.05, 0.1) is 13.5 Å². The predicted octanol–water partition coefficient (Wildman–Crippen LogP) is 3.25. The number of ether oxygens (including phenoxy) is 1. The number of likely N-dealkylation sites (tertiary alicyclic amines) is 1. The Bertz CT molecular complexity index is 569. The van der Waals surface area contributed by atoms with Gasteiger partial charge in [-0.15, -0.1) is 0 Å². The number of nitrogens with zero attached hydrogens (tertiary/aromatic N) is 1. The maximum atomic E-state index is 13.7. The fourth-order valence-electron chi connectivity index (χ4n) is 3.43. The number of hydrogen-bond acceptors (Lipinski definition) is 3. The molecule has 1 atom stereocenters. The zero-order valence-corrected chi connectivity index (χ0v) is 15.8. The number of halogens is 1. The van der Waals surface area contributed by atoms with Crippen LogP contribution in [0.15, 0.2) is 18.2 Å². The van der Waals surface area contributed by atoms with E-state index in [2.05, 4.69) is 31.0 Å². The fourth-order valence-corrected chi connectivity index (χ4v) is 3.43. The van der Waals surface area contributed by atoms with Crippen LogP contribution in [0.25, 0.3) is 0 Å². The molecule has 1 aliphatic heterocycles. The summed E-state index contributed by atoms with van der Waals surface area (Å²) in [6, 6.07) is 5.01. The summed E-state index contributed by atoms with van der Waals surface area (Å²) in [4.78, 5) is 14.8. The minimum Gasteiger partial charge on any atom is -0.494 e. The van der Waals surface area contributed by atoms with E-state index in [-0.39, 0.29) is 18.1 Å². The van der Waals surface area contributed by atoms with Crippen LogP contribution < -0.4 is 10.1 Å². The molecule has 25 heavy (non-hydrogen) atoms. The molecule has 1 aromatic carbocycles. The van der Waals surface area contributed by atoms with E-state index in [4.69, 9.17) is 4.74 Å². The van der Waals surface area contributed by atoms with Crippen molar-refractivity contribution in [3.63, 3.8) is 0 Å². The topological polar surface area (TPSA) is 41.6 Å². The summed E-state index contributed by atoms with van der Waals surface area (Å²) in [5, 5.41) is 3.03. The largest absolute Gasteiger partial charge is 0.494 e. The molecular weight excluding hydrogens is 319 g/mol. The van der Waals surface area contributed by atoms with E-state index in [0.29, 0.717) is 24.1 Å². The molecule has 5 heteroatoms. The lowest BCUT2D eigenvalue weighted by molar-refractivity contribution is -0.120. The number of carbonyl (C=O) groups is 1. The van der Waals surface area contributed by atoms with Gasteiger partial charge in [0.1, 0.15) is 0 Å². The highest BCUT2D eigenvalue weighted by Crippen LogP contribution is 2.21. The molecule has 1 aliphatic rings. The van der Waals surface area contributed by atoms with Gasteiger partial charge < -0.3 is 10.1 Å². The van der Waals surface area contributed by atoms with Crippen molar-refractivity contribution < 1.29 is 13.9 Å². The summed E-state index contributed by atoms with van der Waals surface area (Å²) in [5.74, 6) is 0.968. The predicted molar refractivity (Wildman–Crippen MR) is 98.3 cm³/mol. The first-order valence-electron chi connectivity index (χ1n) is 9.23. The Balaban J connectivity index is 1.87. The molecule has 0 bridgehead atoms. The quantitative estimate of drug-likeness (QED) is 0.821. The van der Waals surface area contributed by atoms with Crippen molar-refractivity contribution in [1.29, 1.82) is 0 Å². The van der Waals surface area contributed by atoms with E-state index < -0.39 is 5.82 Å². The average Bonchev–Trinajstić information content (AvgIpc) is 2.56. The maximum Gasteiger partial charge on any atom is 0.224 e. The monoisotopic (exact) mass is 350 g/mol. The summed E-state index contributed by atoms with van der Waals surface area (Å²) in [6.07, 6.45) is 2.63. The molecule has 0 aromatic heterocycles. The van der Waals surface area contributed by atoms with Crippen molar-refractivity contribution in [1.82, 2.24) is 10.2 Å². The van der Waals surface area contributed by atoms with E-state index in [1.54, 1.807) is 12.1 Å². The Morgan fingerprint density at radius 2 is 2.04 bits per heavy atom. The molecule has 1 aromatic rings. The zero-order chi connectivity index (χ0) is 18.4. The Morgan fingerprint density at radius 3 is 2.60 bits per heavy atom. The molecule has 2 rings (SSSR count). The van der Waals surface area contributed by atoms with E-state index in [1.165, 1.54) is 26.0 Å². The van der Waals surface area contributed by atoms with Crippen LogP contribution in [-0.2, 0) is 11.2 Å². The van der Waals surface area contributed by atoms with Gasteiger partial charge in [-0.2, -0.15) is 0 Å². The molecule has 1 saturated heterocycles. The second-order valence-corrected chi connectivity index (χ2v) is 7.48. The van der Waals surface area contributed by atoms with Crippen LogP contribution in [0.1, 0.15) is 39.2 Å². The van der Waals surface area contributed by atoms with Crippen LogP contribution in [0, 0.1) is 17.7 Å². The zero-order valence-electron chi connectivity index (χ0n) is 15.8. The number of methoxy groups -OCH3 is 1. The fraction of sp³-hybridized carbons (Fsp3) is 0.650. The van der Waals surface area contributed by atoms with Crippen molar-refractivity contribution in [2.24, 2.45) is 11.8 Å². The van der Waals surface area contributed by atoms with Crippen LogP contribution in [0.3, 0.4) is 0 Å². The Labute approximate surface area is 150 Å². The van der Waals surface area contributed by atoms with Gasteiger partial charge >= 0.3 is 0 Å². The number of amides is 1. The van der Waals surface area contributed by atoms with Crippen LogP contribution in [0.5, 0.6) is 5.75 Å². The van der Waals surface area contributed by atoms with Gasteiger partial charge in [-0.05, 0) is 55.5 Å². The molecular formula is C20H31FN2O2. The first-order valence-corrected chi connectivity index (χ1v) is 9.23. The third kappa shape index (κ3) is 5.70. The average molecular weight is 350 g/mol. The third-order valence-corrected chi connectivity index (χ3v) is 5.15. The molecule has 0 spiro atoms. The van der Waals surface area contributed by atoms with Crippen LogP contribution in [0.2, 0.25) is 0 Å². The highest BCUT2D eigenvalue weighted by atomic mass is 19.1. The lowest BCUT2D eigenvalue weighted by atomic mass is 9.94. The molecule has 1 fully saturated rings. The number of hydrogen-bond donors (Lipinski definition) is 1. The molecule has 1 N–H and O–H groups in total. The molecule has 0 aliphatic carbocycles. The highest BCUT2D eigenvalue weighted by Gasteiger charge is 2.25. The number of rotatable bonds is 7. The standard InChI is InChI=1S/C20H31FN2O2/c1-14(2)18(23-9-7-15(3)8-10-23)13-22-20(24)12-16-5-6-19(25-4)17(21)11-16/h5-6,11,14-15,18H,7-10,12-13H2,1-4H3,(H,22,24)/t18-/m1/s1. The van der Waals surface area contributed by atoms with Crippen molar-refractivity contribution in [3.05, 3.63) is 29.6 Å². The van der Waals surface area contributed by atoms with Crippen molar-refractivity contribution >= 4 is 5.91 Å².